The van der Waals surface area contributed by atoms with Crippen LogP contribution < -0.4 is 15.8 Å². The molecule has 2 rings (SSSR count). The maximum absolute atomic E-state index is 5.79. The summed E-state index contributed by atoms with van der Waals surface area (Å²) in [5.74, 6) is 1.07. The molecule has 0 spiro atoms. The number of ether oxygens (including phenoxy) is 2. The zero-order valence-electron chi connectivity index (χ0n) is 11.1. The normalized spacial score (nSPS) is 15.3. The molecule has 3 N–H and O–H groups in total. The van der Waals surface area contributed by atoms with Crippen LogP contribution in [0.4, 0.5) is 0 Å². The Balaban J connectivity index is 1.90. The standard InChI is InChI=1S/C13H20N4O2/c1-18-7-8-19-12-10(3-2-6-15-12)9-16-13(14)17-11-4-5-11/h2-3,6,11H,4-5,7-9H2,1H3,(H3,14,16,17). The highest BCUT2D eigenvalue weighted by molar-refractivity contribution is 5.78. The van der Waals surface area contributed by atoms with Gasteiger partial charge in [-0.05, 0) is 18.9 Å². The number of nitrogens with one attached hydrogen (secondary N) is 1. The van der Waals surface area contributed by atoms with Gasteiger partial charge in [0.05, 0.1) is 13.2 Å². The molecule has 1 aliphatic carbocycles. The van der Waals surface area contributed by atoms with Crippen LogP contribution in [-0.4, -0.2) is 37.3 Å². The topological polar surface area (TPSA) is 81.8 Å². The lowest BCUT2D eigenvalue weighted by Gasteiger charge is -2.09. The van der Waals surface area contributed by atoms with E-state index in [0.29, 0.717) is 37.6 Å². The minimum absolute atomic E-state index is 0.460. The lowest BCUT2D eigenvalue weighted by molar-refractivity contribution is 0.143. The molecule has 0 saturated heterocycles. The third-order valence-electron chi connectivity index (χ3n) is 2.73. The van der Waals surface area contributed by atoms with Gasteiger partial charge in [-0.1, -0.05) is 6.07 Å². The van der Waals surface area contributed by atoms with Crippen LogP contribution in [0.5, 0.6) is 5.88 Å². The van der Waals surface area contributed by atoms with Crippen molar-refractivity contribution in [2.45, 2.75) is 25.4 Å². The number of nitrogens with two attached hydrogens (primary N) is 1. The third-order valence-corrected chi connectivity index (χ3v) is 2.73. The second-order valence-corrected chi connectivity index (χ2v) is 4.43. The van der Waals surface area contributed by atoms with Crippen LogP contribution >= 0.6 is 0 Å². The fourth-order valence-corrected chi connectivity index (χ4v) is 1.55. The van der Waals surface area contributed by atoms with Gasteiger partial charge in [0.25, 0.3) is 0 Å². The van der Waals surface area contributed by atoms with Gasteiger partial charge in [-0.15, -0.1) is 0 Å². The molecule has 0 amide bonds. The molecule has 104 valence electrons. The van der Waals surface area contributed by atoms with Crippen molar-refractivity contribution < 1.29 is 9.47 Å². The lowest BCUT2D eigenvalue weighted by Crippen LogP contribution is -2.33. The van der Waals surface area contributed by atoms with Crippen molar-refractivity contribution in [1.29, 1.82) is 0 Å². The van der Waals surface area contributed by atoms with E-state index < -0.39 is 0 Å². The van der Waals surface area contributed by atoms with E-state index in [4.69, 9.17) is 15.2 Å². The highest BCUT2D eigenvalue weighted by atomic mass is 16.5. The van der Waals surface area contributed by atoms with Crippen LogP contribution in [0.2, 0.25) is 0 Å². The highest BCUT2D eigenvalue weighted by Crippen LogP contribution is 2.18. The van der Waals surface area contributed by atoms with Gasteiger partial charge in [-0.25, -0.2) is 9.98 Å². The molecule has 0 unspecified atom stereocenters. The van der Waals surface area contributed by atoms with E-state index in [1.807, 2.05) is 12.1 Å². The summed E-state index contributed by atoms with van der Waals surface area (Å²) in [5.41, 5.74) is 6.71. The van der Waals surface area contributed by atoms with Crippen LogP contribution in [0.1, 0.15) is 18.4 Å². The van der Waals surface area contributed by atoms with E-state index in [1.165, 1.54) is 12.8 Å². The fourth-order valence-electron chi connectivity index (χ4n) is 1.55. The van der Waals surface area contributed by atoms with Crippen molar-refractivity contribution in [2.24, 2.45) is 10.7 Å². The molecule has 1 aromatic heterocycles. The monoisotopic (exact) mass is 264 g/mol. The summed E-state index contributed by atoms with van der Waals surface area (Å²) in [6, 6.07) is 4.30. The number of guanidine groups is 1. The first kappa shape index (κ1) is 13.6. The molecule has 0 atom stereocenters. The molecule has 6 nitrogen and oxygen atoms in total. The van der Waals surface area contributed by atoms with Crippen molar-refractivity contribution >= 4 is 5.96 Å². The van der Waals surface area contributed by atoms with E-state index in [-0.39, 0.29) is 0 Å². The lowest BCUT2D eigenvalue weighted by atomic mass is 10.3. The highest BCUT2D eigenvalue weighted by Gasteiger charge is 2.21. The molecule has 6 heteroatoms. The molecular formula is C13H20N4O2. The van der Waals surface area contributed by atoms with Crippen LogP contribution in [0, 0.1) is 0 Å². The molecule has 1 saturated carbocycles. The first-order valence-corrected chi connectivity index (χ1v) is 6.41. The van der Waals surface area contributed by atoms with Gasteiger partial charge in [0.15, 0.2) is 5.96 Å². The van der Waals surface area contributed by atoms with E-state index in [0.717, 1.165) is 5.56 Å². The number of pyridine rings is 1. The van der Waals surface area contributed by atoms with E-state index in [2.05, 4.69) is 15.3 Å². The van der Waals surface area contributed by atoms with Gasteiger partial charge in [-0.3, -0.25) is 0 Å². The summed E-state index contributed by atoms with van der Waals surface area (Å²) in [6.45, 7) is 1.46. The molecule has 19 heavy (non-hydrogen) atoms. The predicted octanol–water partition coefficient (Wildman–Crippen LogP) is 0.674. The summed E-state index contributed by atoms with van der Waals surface area (Å²) in [7, 11) is 1.64. The van der Waals surface area contributed by atoms with E-state index >= 15 is 0 Å². The number of aliphatic imine (C=N–C) groups is 1. The Labute approximate surface area is 113 Å². The molecule has 1 aromatic rings. The maximum Gasteiger partial charge on any atom is 0.218 e. The third kappa shape index (κ3) is 4.75. The Morgan fingerprint density at radius 1 is 1.53 bits per heavy atom. The Hall–Kier alpha value is -1.82. The van der Waals surface area contributed by atoms with Gasteiger partial charge in [0, 0.05) is 24.9 Å². The Kier molecular flexibility index (Phi) is 4.97. The molecule has 0 aromatic carbocycles. The van der Waals surface area contributed by atoms with Gasteiger partial charge < -0.3 is 20.5 Å². The zero-order chi connectivity index (χ0) is 13.5. The minimum Gasteiger partial charge on any atom is -0.475 e. The molecular weight excluding hydrogens is 244 g/mol. The second-order valence-electron chi connectivity index (χ2n) is 4.43. The van der Waals surface area contributed by atoms with Crippen molar-refractivity contribution in [2.75, 3.05) is 20.3 Å². The average molecular weight is 264 g/mol. The molecule has 1 aliphatic rings. The summed E-state index contributed by atoms with van der Waals surface area (Å²) in [6.07, 6.45) is 4.05. The van der Waals surface area contributed by atoms with Crippen LogP contribution in [-0.2, 0) is 11.3 Å². The number of rotatable bonds is 7. The fraction of sp³-hybridized carbons (Fsp3) is 0.538. The number of methoxy groups -OCH3 is 1. The maximum atomic E-state index is 5.79. The Bertz CT molecular complexity index is 432. The first-order chi connectivity index (χ1) is 9.29. The molecule has 0 aliphatic heterocycles. The summed E-state index contributed by atoms with van der Waals surface area (Å²) >= 11 is 0. The van der Waals surface area contributed by atoms with Gasteiger partial charge in [0.2, 0.25) is 5.88 Å². The molecule has 0 bridgehead atoms. The number of nitrogens with zero attached hydrogens (tertiary/aromatic N) is 2. The predicted molar refractivity (Wildman–Crippen MR) is 73.1 cm³/mol. The average Bonchev–Trinajstić information content (AvgIpc) is 3.22. The van der Waals surface area contributed by atoms with Crippen molar-refractivity contribution in [3.8, 4) is 5.88 Å². The van der Waals surface area contributed by atoms with Crippen molar-refractivity contribution in [3.63, 3.8) is 0 Å². The quantitative estimate of drug-likeness (QED) is 0.430. The van der Waals surface area contributed by atoms with Gasteiger partial charge in [-0.2, -0.15) is 0 Å². The van der Waals surface area contributed by atoms with Crippen LogP contribution in [0.15, 0.2) is 23.3 Å². The van der Waals surface area contributed by atoms with E-state index in [9.17, 15) is 0 Å². The minimum atomic E-state index is 0.460. The Morgan fingerprint density at radius 2 is 2.37 bits per heavy atom. The number of hydrogen-bond donors (Lipinski definition) is 2. The van der Waals surface area contributed by atoms with E-state index in [1.54, 1.807) is 13.3 Å². The van der Waals surface area contributed by atoms with Gasteiger partial charge >= 0.3 is 0 Å². The summed E-state index contributed by atoms with van der Waals surface area (Å²) < 4.78 is 10.5. The Morgan fingerprint density at radius 3 is 3.11 bits per heavy atom. The molecule has 1 fully saturated rings. The summed E-state index contributed by atoms with van der Waals surface area (Å²) in [5, 5.41) is 3.14. The van der Waals surface area contributed by atoms with Crippen LogP contribution in [0.25, 0.3) is 0 Å². The largest absolute Gasteiger partial charge is 0.475 e. The molecule has 1 heterocycles. The SMILES string of the molecule is COCCOc1ncccc1CN=C(N)NC1CC1. The number of aromatic nitrogens is 1. The number of hydrogen-bond acceptors (Lipinski definition) is 4. The first-order valence-electron chi connectivity index (χ1n) is 6.41. The second kappa shape index (κ2) is 6.94. The van der Waals surface area contributed by atoms with Crippen molar-refractivity contribution in [1.82, 2.24) is 10.3 Å². The van der Waals surface area contributed by atoms with Gasteiger partial charge in [0.1, 0.15) is 6.61 Å². The summed E-state index contributed by atoms with van der Waals surface area (Å²) in [4.78, 5) is 8.49. The van der Waals surface area contributed by atoms with Crippen molar-refractivity contribution in [3.05, 3.63) is 23.9 Å². The smallest absolute Gasteiger partial charge is 0.218 e. The van der Waals surface area contributed by atoms with Crippen LogP contribution in [0.3, 0.4) is 0 Å². The molecule has 0 radical (unpaired) electrons. The zero-order valence-corrected chi connectivity index (χ0v) is 11.1.